The van der Waals surface area contributed by atoms with E-state index in [1.165, 1.54) is 19.3 Å². The van der Waals surface area contributed by atoms with E-state index in [1.807, 2.05) is 6.08 Å². The minimum absolute atomic E-state index is 0.225. The van der Waals surface area contributed by atoms with Gasteiger partial charge in [-0.05, 0) is 122 Å². The molecular weight excluding hydrogens is 887 g/mol. The number of hydrogen-bond acceptors (Lipinski definition) is 8. The summed E-state index contributed by atoms with van der Waals surface area (Å²) in [6.07, 6.45) is 71.6. The Kier molecular flexibility index (Phi) is 45.1. The highest BCUT2D eigenvalue weighted by Gasteiger charge is 2.44. The van der Waals surface area contributed by atoms with Gasteiger partial charge < -0.3 is 40.3 Å². The Balaban J connectivity index is 2.26. The molecule has 0 aliphatic carbocycles. The number of carbonyl (C=O) groups is 1. The van der Waals surface area contributed by atoms with Crippen molar-refractivity contribution in [1.82, 2.24) is 5.32 Å². The lowest BCUT2D eigenvalue weighted by atomic mass is 9.99. The third-order valence-corrected chi connectivity index (χ3v) is 11.6. The summed E-state index contributed by atoms with van der Waals surface area (Å²) in [5.74, 6) is -0.225. The molecule has 71 heavy (non-hydrogen) atoms. The van der Waals surface area contributed by atoms with Crippen molar-refractivity contribution >= 4 is 5.91 Å². The molecule has 6 N–H and O–H groups in total. The second-order valence-electron chi connectivity index (χ2n) is 17.9. The Bertz CT molecular complexity index is 1660. The van der Waals surface area contributed by atoms with E-state index >= 15 is 0 Å². The second-order valence-corrected chi connectivity index (χ2v) is 17.9. The van der Waals surface area contributed by atoms with Crippen LogP contribution < -0.4 is 5.32 Å². The van der Waals surface area contributed by atoms with Crippen molar-refractivity contribution in [2.75, 3.05) is 13.2 Å². The number of ether oxygens (including phenoxy) is 2. The van der Waals surface area contributed by atoms with Gasteiger partial charge in [-0.15, -0.1) is 0 Å². The summed E-state index contributed by atoms with van der Waals surface area (Å²) in [5, 5.41) is 54.2. The van der Waals surface area contributed by atoms with Crippen molar-refractivity contribution in [2.24, 2.45) is 0 Å². The van der Waals surface area contributed by atoms with E-state index in [9.17, 15) is 30.3 Å². The summed E-state index contributed by atoms with van der Waals surface area (Å²) >= 11 is 0. The normalized spacial score (nSPS) is 20.6. The van der Waals surface area contributed by atoms with E-state index in [-0.39, 0.29) is 12.5 Å². The highest BCUT2D eigenvalue weighted by molar-refractivity contribution is 5.76. The SMILES string of the molecule is CC/C=C\C/C=C\C/C=C\C/C=C\C/C=C\C/C=C\C/C=C\C/C=C\C/C=C\C/C=C\CCCCCCC(=O)NC(COC1OC(CO)C(O)C(O)C1O)C(O)/C=C/CC/C=C/CC/C=C/CCCCC. The number of allylic oxidation sites excluding steroid dienone is 25. The van der Waals surface area contributed by atoms with Gasteiger partial charge in [-0.25, -0.2) is 0 Å². The van der Waals surface area contributed by atoms with Crippen LogP contribution >= 0.6 is 0 Å². The van der Waals surface area contributed by atoms with Crippen LogP contribution in [0.3, 0.4) is 0 Å². The van der Waals surface area contributed by atoms with Crippen LogP contribution in [0.15, 0.2) is 158 Å². The molecule has 1 fully saturated rings. The average Bonchev–Trinajstić information content (AvgIpc) is 3.37. The van der Waals surface area contributed by atoms with Crippen molar-refractivity contribution in [3.05, 3.63) is 158 Å². The predicted octanol–water partition coefficient (Wildman–Crippen LogP) is 13.3. The van der Waals surface area contributed by atoms with Crippen molar-refractivity contribution in [3.8, 4) is 0 Å². The third-order valence-electron chi connectivity index (χ3n) is 11.6. The Labute approximate surface area is 431 Å². The zero-order valence-corrected chi connectivity index (χ0v) is 43.9. The van der Waals surface area contributed by atoms with Crippen LogP contribution in [0.4, 0.5) is 0 Å². The maximum atomic E-state index is 13.0. The number of amides is 1. The van der Waals surface area contributed by atoms with Crippen molar-refractivity contribution in [1.29, 1.82) is 0 Å². The monoisotopic (exact) mass is 984 g/mol. The molecule has 9 heteroatoms. The Morgan fingerprint density at radius 1 is 0.493 bits per heavy atom. The van der Waals surface area contributed by atoms with Crippen molar-refractivity contribution < 1.29 is 39.8 Å². The zero-order chi connectivity index (χ0) is 51.5. The number of unbranched alkanes of at least 4 members (excludes halogenated alkanes) is 9. The van der Waals surface area contributed by atoms with Gasteiger partial charge in [0.1, 0.15) is 24.4 Å². The van der Waals surface area contributed by atoms with Gasteiger partial charge in [0.2, 0.25) is 5.91 Å². The van der Waals surface area contributed by atoms with Crippen LogP contribution in [0.25, 0.3) is 0 Å². The molecule has 0 bridgehead atoms. The van der Waals surface area contributed by atoms with Gasteiger partial charge in [0.25, 0.3) is 0 Å². The molecule has 0 aromatic rings. The molecule has 0 saturated carbocycles. The zero-order valence-electron chi connectivity index (χ0n) is 43.9. The number of hydrogen-bond donors (Lipinski definition) is 6. The van der Waals surface area contributed by atoms with E-state index in [0.29, 0.717) is 19.3 Å². The average molecular weight is 984 g/mol. The highest BCUT2D eigenvalue weighted by atomic mass is 16.7. The maximum Gasteiger partial charge on any atom is 0.220 e. The maximum absolute atomic E-state index is 13.0. The lowest BCUT2D eigenvalue weighted by molar-refractivity contribution is -0.302. The van der Waals surface area contributed by atoms with Gasteiger partial charge in [-0.3, -0.25) is 4.79 Å². The molecular formula is C62H97NO8. The Morgan fingerprint density at radius 2 is 0.887 bits per heavy atom. The predicted molar refractivity (Wildman–Crippen MR) is 299 cm³/mol. The number of nitrogens with one attached hydrogen (secondary N) is 1. The van der Waals surface area contributed by atoms with Gasteiger partial charge in [-0.2, -0.15) is 0 Å². The fraction of sp³-hybridized carbons (Fsp3) is 0.565. The molecule has 0 spiro atoms. The van der Waals surface area contributed by atoms with Crippen LogP contribution in [0.5, 0.6) is 0 Å². The summed E-state index contributed by atoms with van der Waals surface area (Å²) in [7, 11) is 0. The molecule has 1 aliphatic heterocycles. The van der Waals surface area contributed by atoms with Crippen LogP contribution in [-0.4, -0.2) is 87.5 Å². The summed E-state index contributed by atoms with van der Waals surface area (Å²) in [4.78, 5) is 13.0. The summed E-state index contributed by atoms with van der Waals surface area (Å²) < 4.78 is 11.2. The van der Waals surface area contributed by atoms with Crippen LogP contribution in [-0.2, 0) is 14.3 Å². The fourth-order valence-corrected chi connectivity index (χ4v) is 7.27. The minimum Gasteiger partial charge on any atom is -0.394 e. The Hall–Kier alpha value is -4.19. The Morgan fingerprint density at radius 3 is 1.34 bits per heavy atom. The van der Waals surface area contributed by atoms with Crippen LogP contribution in [0.2, 0.25) is 0 Å². The summed E-state index contributed by atoms with van der Waals surface area (Å²) in [6, 6.07) is -0.853. The molecule has 398 valence electrons. The molecule has 1 heterocycles. The van der Waals surface area contributed by atoms with E-state index < -0.39 is 49.5 Å². The van der Waals surface area contributed by atoms with Crippen LogP contribution in [0, 0.1) is 0 Å². The molecule has 1 saturated heterocycles. The van der Waals surface area contributed by atoms with E-state index in [4.69, 9.17) is 9.47 Å². The largest absolute Gasteiger partial charge is 0.394 e. The lowest BCUT2D eigenvalue weighted by Gasteiger charge is -2.40. The first-order valence-electron chi connectivity index (χ1n) is 27.2. The molecule has 0 radical (unpaired) electrons. The smallest absolute Gasteiger partial charge is 0.220 e. The molecule has 1 amide bonds. The molecule has 1 rings (SSSR count). The third kappa shape index (κ3) is 39.1. The van der Waals surface area contributed by atoms with Gasteiger partial charge in [0.05, 0.1) is 25.4 Å². The first kappa shape index (κ1) is 64.8. The van der Waals surface area contributed by atoms with Gasteiger partial charge >= 0.3 is 0 Å². The first-order chi connectivity index (χ1) is 34.8. The molecule has 7 unspecified atom stereocenters. The van der Waals surface area contributed by atoms with Gasteiger partial charge in [0.15, 0.2) is 6.29 Å². The number of aliphatic hydroxyl groups excluding tert-OH is 5. The van der Waals surface area contributed by atoms with Crippen LogP contribution in [0.1, 0.15) is 168 Å². The summed E-state index contributed by atoms with van der Waals surface area (Å²) in [6.45, 7) is 3.56. The first-order valence-corrected chi connectivity index (χ1v) is 27.2. The molecule has 0 aromatic carbocycles. The van der Waals surface area contributed by atoms with Crippen molar-refractivity contribution in [3.63, 3.8) is 0 Å². The molecule has 0 aromatic heterocycles. The van der Waals surface area contributed by atoms with Gasteiger partial charge in [-0.1, -0.05) is 198 Å². The standard InChI is InChI=1S/C62H97NO8/c1-3-5-7-9-11-13-15-17-18-19-20-21-22-23-24-25-26-27-28-29-30-31-32-33-34-35-36-37-38-40-42-44-46-48-50-52-58(66)63-55(54-70-62-61(69)60(68)59(67)57(53-64)71-62)56(65)51-49-47-45-43-41-39-16-14-12-10-8-6-4-2/h5,7,11-14,17-18,20-21,23-24,26-27,29-30,32-33,35-36,38,40-41,43,49,51,55-57,59-62,64-65,67-69H,3-4,6,8-10,15-16,19,22,25,28,31,34,37,39,42,44-48,50,52-54H2,1-2H3,(H,63,66)/b7-5-,13-11-,14-12+,18-17-,21-20-,24-23-,27-26-,30-29-,33-32-,36-35-,40-38-,43-41+,51-49+. The van der Waals surface area contributed by atoms with E-state index in [0.717, 1.165) is 116 Å². The fourth-order valence-electron chi connectivity index (χ4n) is 7.27. The topological polar surface area (TPSA) is 149 Å². The van der Waals surface area contributed by atoms with E-state index in [2.05, 4.69) is 165 Å². The van der Waals surface area contributed by atoms with Gasteiger partial charge in [0, 0.05) is 6.42 Å². The lowest BCUT2D eigenvalue weighted by Crippen LogP contribution is -2.60. The second kappa shape index (κ2) is 49.4. The molecule has 1 aliphatic rings. The quantitative estimate of drug-likeness (QED) is 0.0261. The van der Waals surface area contributed by atoms with E-state index in [1.54, 1.807) is 6.08 Å². The molecule has 9 nitrogen and oxygen atoms in total. The highest BCUT2D eigenvalue weighted by Crippen LogP contribution is 2.22. The van der Waals surface area contributed by atoms with Crippen molar-refractivity contribution in [2.45, 2.75) is 211 Å². The molecule has 7 atom stereocenters. The number of carbonyl (C=O) groups excluding carboxylic acids is 1. The minimum atomic E-state index is -1.59. The number of aliphatic hydroxyl groups is 5. The summed E-state index contributed by atoms with van der Waals surface area (Å²) in [5.41, 5.74) is 0. The number of rotatable bonds is 43.